The van der Waals surface area contributed by atoms with Crippen molar-refractivity contribution in [1.82, 2.24) is 0 Å². The van der Waals surface area contributed by atoms with Crippen LogP contribution in [0.4, 0.5) is 0 Å². The molecule has 13 heteroatoms. The number of hydrogen-bond donors (Lipinski definition) is 0. The third kappa shape index (κ3) is 126. The normalized spacial score (nSPS) is 0. The van der Waals surface area contributed by atoms with E-state index in [1.165, 1.54) is 0 Å². The Balaban J connectivity index is 0. The molecule has 0 aromatic rings. The molecule has 0 aromatic heterocycles. The van der Waals surface area contributed by atoms with Gasteiger partial charge in [0.1, 0.15) is 0 Å². The zero-order chi connectivity index (χ0) is 0. The average Bonchev–Trinajstić information content (AvgIpc) is 0. The summed E-state index contributed by atoms with van der Waals surface area (Å²) in [5.74, 6) is 0. The van der Waals surface area contributed by atoms with Crippen LogP contribution in [0.1, 0.15) is 0 Å². The van der Waals surface area contributed by atoms with Gasteiger partial charge in [-0.3, -0.25) is 0 Å². The molecule has 0 aromatic carbocycles. The molecule has 74 valence electrons. The first-order valence-electron chi connectivity index (χ1n) is 0. The molecule has 0 atom stereocenters. The van der Waals surface area contributed by atoms with E-state index in [-0.39, 0.29) is 236 Å². The molecule has 0 saturated carbocycles. The Morgan fingerprint density at radius 3 is 0.308 bits per heavy atom. The van der Waals surface area contributed by atoms with Crippen LogP contribution in [0.5, 0.6) is 0 Å². The van der Waals surface area contributed by atoms with E-state index in [1.807, 2.05) is 0 Å². The van der Waals surface area contributed by atoms with Crippen molar-refractivity contribution < 1.29 is 138 Å². The monoisotopic (exact) mass is 691 g/mol. The molecule has 0 spiro atoms. The van der Waals surface area contributed by atoms with Gasteiger partial charge in [0.15, 0.2) is 0 Å². The quantitative estimate of drug-likeness (QED) is 0.264. The molecule has 0 heterocycles. The van der Waals surface area contributed by atoms with Gasteiger partial charge in [-0.15, -0.1) is 0 Å². The largest absolute Gasteiger partial charge is 3.00 e. The second-order valence-electron chi connectivity index (χ2n) is 0. The molecule has 0 rings (SSSR count). The Bertz CT molecular complexity index is 22.5. The fourth-order valence-electron chi connectivity index (χ4n) is 0. The van der Waals surface area contributed by atoms with E-state index in [4.69, 9.17) is 0 Å². The summed E-state index contributed by atoms with van der Waals surface area (Å²) < 4.78 is 0. The maximum atomic E-state index is 0. The van der Waals surface area contributed by atoms with Gasteiger partial charge in [-0.2, -0.15) is 0 Å². The summed E-state index contributed by atoms with van der Waals surface area (Å²) in [6, 6.07) is 0. The first kappa shape index (κ1) is 168. The third-order valence-electron chi connectivity index (χ3n) is 0. The summed E-state index contributed by atoms with van der Waals surface area (Å²) in [5, 5.41) is 0. The van der Waals surface area contributed by atoms with Crippen molar-refractivity contribution in [2.24, 2.45) is 0 Å². The predicted molar refractivity (Wildman–Crippen MR) is 16.3 cm³/mol. The van der Waals surface area contributed by atoms with Gasteiger partial charge in [0.25, 0.3) is 0 Å². The minimum absolute atomic E-state index is 0. The summed E-state index contributed by atoms with van der Waals surface area (Å²) in [6.45, 7) is 0. The van der Waals surface area contributed by atoms with Crippen molar-refractivity contribution >= 4 is 97.8 Å². The Morgan fingerprint density at radius 2 is 0.308 bits per heavy atom. The van der Waals surface area contributed by atoms with Gasteiger partial charge < -0.3 is 38.3 Å². The van der Waals surface area contributed by atoms with Crippen LogP contribution in [0, 0.1) is 0 Å². The van der Waals surface area contributed by atoms with E-state index in [9.17, 15) is 0 Å². The minimum atomic E-state index is 0. The fourth-order valence-corrected chi connectivity index (χ4v) is 0. The van der Waals surface area contributed by atoms with E-state index in [0.717, 1.165) is 0 Å². The summed E-state index contributed by atoms with van der Waals surface area (Å²) in [7, 11) is 0. The van der Waals surface area contributed by atoms with Crippen LogP contribution in [-0.2, 0) is 138 Å². The molecule has 13 heavy (non-hydrogen) atoms. The summed E-state index contributed by atoms with van der Waals surface area (Å²) in [5.41, 5.74) is 0. The van der Waals surface area contributed by atoms with E-state index in [2.05, 4.69) is 0 Å². The Labute approximate surface area is 229 Å². The van der Waals surface area contributed by atoms with Crippen LogP contribution in [-0.4, -0.2) is 97.8 Å². The number of rotatable bonds is 0. The van der Waals surface area contributed by atoms with Crippen LogP contribution in [0.25, 0.3) is 0 Å². The van der Waals surface area contributed by atoms with Gasteiger partial charge in [0.2, 0.25) is 0 Å². The van der Waals surface area contributed by atoms with E-state index >= 15 is 0 Å². The Hall–Kier alpha value is 6.11. The molecule has 0 aliphatic rings. The van der Waals surface area contributed by atoms with Crippen molar-refractivity contribution in [3.05, 3.63) is 0 Å². The second kappa shape index (κ2) is 142. The van der Waals surface area contributed by atoms with Crippen LogP contribution in [0.15, 0.2) is 0 Å². The molecule has 0 bridgehead atoms. The van der Waals surface area contributed by atoms with Gasteiger partial charge in [0, 0.05) is 0 Å². The minimum Gasteiger partial charge on any atom is -2.00 e. The summed E-state index contributed by atoms with van der Waals surface area (Å²) in [4.78, 5) is 0. The maximum Gasteiger partial charge on any atom is 3.00 e. The van der Waals surface area contributed by atoms with Gasteiger partial charge in [0.05, 0.1) is 0 Å². The van der Waals surface area contributed by atoms with Crippen LogP contribution < -0.4 is 0 Å². The molecule has 7 nitrogen and oxygen atoms in total. The molecule has 0 unspecified atom stereocenters. The topological polar surface area (TPSA) is 200 Å². The SMILES string of the molecule is [Ba+2].[Ba+2].[Cu+2].[Cu+2].[O-2].[O-2].[O-2].[O-2].[O-2].[O-2].[O-2].[Y+3].[Y+3]. The summed E-state index contributed by atoms with van der Waals surface area (Å²) in [6.07, 6.45) is 0. The summed E-state index contributed by atoms with van der Waals surface area (Å²) >= 11 is 0. The molecule has 0 aliphatic heterocycles. The Kier molecular flexibility index (Phi) is 1830. The smallest absolute Gasteiger partial charge is 2.00 e. The van der Waals surface area contributed by atoms with Crippen LogP contribution in [0.2, 0.25) is 0 Å². The molecule has 0 fully saturated rings. The first-order chi connectivity index (χ1) is 0. The Morgan fingerprint density at radius 1 is 0.308 bits per heavy atom. The molecular formula is Ba2Cu2O7Y2. The molecule has 0 amide bonds. The van der Waals surface area contributed by atoms with Gasteiger partial charge >= 0.3 is 197 Å². The zero-order valence-corrected chi connectivity index (χ0v) is 22.5. The van der Waals surface area contributed by atoms with Crippen molar-refractivity contribution in [2.45, 2.75) is 0 Å². The second-order valence-corrected chi connectivity index (χ2v) is 0. The van der Waals surface area contributed by atoms with Crippen molar-refractivity contribution in [3.63, 3.8) is 0 Å². The maximum absolute atomic E-state index is 0. The molecule has 0 N–H and O–H groups in total. The van der Waals surface area contributed by atoms with Gasteiger partial charge in [-0.05, 0) is 0 Å². The van der Waals surface area contributed by atoms with Crippen LogP contribution in [0.3, 0.4) is 0 Å². The standard InChI is InChI=1S/2Ba.2Cu.7O.2Y/q4*+2;7*-2;2*+3. The van der Waals surface area contributed by atoms with E-state index < -0.39 is 0 Å². The van der Waals surface area contributed by atoms with Gasteiger partial charge in [-0.1, -0.05) is 0 Å². The molecule has 0 saturated heterocycles. The van der Waals surface area contributed by atoms with Crippen LogP contribution >= 0.6 is 0 Å². The van der Waals surface area contributed by atoms with E-state index in [0.29, 0.717) is 0 Å². The fraction of sp³-hybridized carbons (Fsp3) is 0. The molecule has 0 aliphatic carbocycles. The predicted octanol–water partition coefficient (Wildman–Crippen LogP) is -1.60. The van der Waals surface area contributed by atoms with Crippen molar-refractivity contribution in [3.8, 4) is 0 Å². The van der Waals surface area contributed by atoms with Crippen molar-refractivity contribution in [1.29, 1.82) is 0 Å². The first-order valence-corrected chi connectivity index (χ1v) is 0. The zero-order valence-electron chi connectivity index (χ0n) is 6.03. The van der Waals surface area contributed by atoms with E-state index in [1.54, 1.807) is 0 Å². The van der Waals surface area contributed by atoms with Crippen molar-refractivity contribution in [2.75, 3.05) is 0 Å². The molecule has 2 radical (unpaired) electrons. The van der Waals surface area contributed by atoms with Gasteiger partial charge in [-0.25, -0.2) is 0 Å². The average molecular weight is 692 g/mol. The molecular weight excluding hydrogens is 692 g/mol. The third-order valence-corrected chi connectivity index (χ3v) is 0. The number of hydrogen-bond acceptors (Lipinski definition) is 0.